The molecule has 0 spiro atoms. The summed E-state index contributed by atoms with van der Waals surface area (Å²) in [4.78, 5) is 12.7. The van der Waals surface area contributed by atoms with Crippen LogP contribution in [0.5, 0.6) is 0 Å². The molecule has 0 radical (unpaired) electrons. The van der Waals surface area contributed by atoms with Crippen molar-refractivity contribution >= 4 is 5.91 Å². The monoisotopic (exact) mass is 459 g/mol. The number of hydrogen-bond donors (Lipinski definition) is 1. The Kier molecular flexibility index (Phi) is 16.0. The first-order valence-corrected chi connectivity index (χ1v) is 13.9. The van der Waals surface area contributed by atoms with Gasteiger partial charge in [0.05, 0.1) is 6.61 Å². The van der Waals surface area contributed by atoms with Crippen LogP contribution in [-0.4, -0.2) is 25.3 Å². The number of carbonyl (C=O) groups is 1. The molecule has 4 nitrogen and oxygen atoms in total. The van der Waals surface area contributed by atoms with Crippen LogP contribution in [-0.2, 0) is 16.1 Å². The van der Waals surface area contributed by atoms with Gasteiger partial charge in [-0.05, 0) is 37.3 Å². The van der Waals surface area contributed by atoms with Gasteiger partial charge in [-0.15, -0.1) is 0 Å². The standard InChI is InChI=1S/C29H49NO3/c1-2-3-4-5-6-7-8-9-10-11-12-13-14-18-23-30-29(31)27-21-16-15-20-26(27)25-33-28-22-17-19-24-32-28/h15-16,20-21,28H,2-14,17-19,22-25H2,1H3,(H,30,31). The van der Waals surface area contributed by atoms with E-state index in [1.807, 2.05) is 24.3 Å². The molecule has 0 bridgehead atoms. The minimum absolute atomic E-state index is 0.00783. The number of ether oxygens (including phenoxy) is 2. The van der Waals surface area contributed by atoms with Gasteiger partial charge in [-0.25, -0.2) is 0 Å². The van der Waals surface area contributed by atoms with Crippen molar-refractivity contribution in [3.63, 3.8) is 0 Å². The van der Waals surface area contributed by atoms with Gasteiger partial charge in [0, 0.05) is 18.7 Å². The van der Waals surface area contributed by atoms with E-state index in [1.165, 1.54) is 83.5 Å². The van der Waals surface area contributed by atoms with Gasteiger partial charge in [0.25, 0.3) is 5.91 Å². The van der Waals surface area contributed by atoms with Crippen molar-refractivity contribution in [2.75, 3.05) is 13.2 Å². The molecule has 2 rings (SSSR count). The summed E-state index contributed by atoms with van der Waals surface area (Å²) in [6.07, 6.45) is 21.9. The molecule has 0 aromatic heterocycles. The molecule has 1 unspecified atom stereocenters. The summed E-state index contributed by atoms with van der Waals surface area (Å²) in [5, 5.41) is 3.09. The third-order valence-corrected chi connectivity index (χ3v) is 6.64. The smallest absolute Gasteiger partial charge is 0.251 e. The first-order chi connectivity index (χ1) is 16.3. The van der Waals surface area contributed by atoms with E-state index in [4.69, 9.17) is 9.47 Å². The Morgan fingerprint density at radius 1 is 0.879 bits per heavy atom. The maximum Gasteiger partial charge on any atom is 0.251 e. The number of benzene rings is 1. The zero-order valence-corrected chi connectivity index (χ0v) is 21.3. The fourth-order valence-corrected chi connectivity index (χ4v) is 4.51. The maximum absolute atomic E-state index is 12.7. The van der Waals surface area contributed by atoms with E-state index in [2.05, 4.69) is 12.2 Å². The highest BCUT2D eigenvalue weighted by atomic mass is 16.7. The van der Waals surface area contributed by atoms with E-state index >= 15 is 0 Å². The van der Waals surface area contributed by atoms with Crippen molar-refractivity contribution < 1.29 is 14.3 Å². The quantitative estimate of drug-likeness (QED) is 0.214. The molecule has 0 aliphatic carbocycles. The predicted octanol–water partition coefficient (Wildman–Crippen LogP) is 7.94. The third-order valence-electron chi connectivity index (χ3n) is 6.64. The molecule has 1 amide bonds. The van der Waals surface area contributed by atoms with E-state index < -0.39 is 0 Å². The van der Waals surface area contributed by atoms with Crippen molar-refractivity contribution in [3.05, 3.63) is 35.4 Å². The van der Waals surface area contributed by atoms with Crippen molar-refractivity contribution in [1.29, 1.82) is 0 Å². The van der Waals surface area contributed by atoms with Crippen LogP contribution >= 0.6 is 0 Å². The molecule has 1 aromatic carbocycles. The topological polar surface area (TPSA) is 47.6 Å². The van der Waals surface area contributed by atoms with E-state index in [1.54, 1.807) is 0 Å². The highest BCUT2D eigenvalue weighted by molar-refractivity contribution is 5.95. The van der Waals surface area contributed by atoms with Gasteiger partial charge in [-0.3, -0.25) is 4.79 Å². The van der Waals surface area contributed by atoms with Gasteiger partial charge >= 0.3 is 0 Å². The highest BCUT2D eigenvalue weighted by Gasteiger charge is 2.16. The SMILES string of the molecule is CCCCCCCCCCCCCCCCNC(=O)c1ccccc1COC1CCCCO1. The lowest BCUT2D eigenvalue weighted by Gasteiger charge is -2.23. The van der Waals surface area contributed by atoms with Gasteiger partial charge < -0.3 is 14.8 Å². The predicted molar refractivity (Wildman–Crippen MR) is 137 cm³/mol. The maximum atomic E-state index is 12.7. The molecule has 1 aliphatic heterocycles. The number of nitrogens with one attached hydrogen (secondary N) is 1. The van der Waals surface area contributed by atoms with Crippen LogP contribution in [0.1, 0.15) is 132 Å². The van der Waals surface area contributed by atoms with Crippen LogP contribution in [0.2, 0.25) is 0 Å². The fraction of sp³-hybridized carbons (Fsp3) is 0.759. The molecular weight excluding hydrogens is 410 g/mol. The van der Waals surface area contributed by atoms with Crippen molar-refractivity contribution in [1.82, 2.24) is 5.32 Å². The molecule has 1 N–H and O–H groups in total. The first-order valence-electron chi connectivity index (χ1n) is 13.9. The Hall–Kier alpha value is -1.39. The third kappa shape index (κ3) is 13.2. The Labute approximate surface area is 203 Å². The molecule has 33 heavy (non-hydrogen) atoms. The Balaban J connectivity index is 1.46. The molecule has 1 saturated heterocycles. The molecule has 188 valence electrons. The van der Waals surface area contributed by atoms with Crippen LogP contribution in [0.3, 0.4) is 0 Å². The normalized spacial score (nSPS) is 16.1. The molecule has 1 heterocycles. The van der Waals surface area contributed by atoms with Crippen LogP contribution in [0.25, 0.3) is 0 Å². The Morgan fingerprint density at radius 3 is 2.09 bits per heavy atom. The highest BCUT2D eigenvalue weighted by Crippen LogP contribution is 2.18. The van der Waals surface area contributed by atoms with Gasteiger partial charge in [0.15, 0.2) is 6.29 Å². The number of rotatable bonds is 19. The van der Waals surface area contributed by atoms with E-state index in [-0.39, 0.29) is 12.2 Å². The molecule has 4 heteroatoms. The van der Waals surface area contributed by atoms with Crippen LogP contribution in [0.4, 0.5) is 0 Å². The van der Waals surface area contributed by atoms with Gasteiger partial charge in [0.2, 0.25) is 0 Å². The van der Waals surface area contributed by atoms with Crippen molar-refractivity contribution in [3.8, 4) is 0 Å². The summed E-state index contributed by atoms with van der Waals surface area (Å²) in [7, 11) is 0. The fourth-order valence-electron chi connectivity index (χ4n) is 4.51. The largest absolute Gasteiger partial charge is 0.353 e. The molecular formula is C29H49NO3. The summed E-state index contributed by atoms with van der Waals surface area (Å²) >= 11 is 0. The second kappa shape index (κ2) is 19.0. The van der Waals surface area contributed by atoms with Crippen LogP contribution < -0.4 is 5.32 Å². The van der Waals surface area contributed by atoms with Gasteiger partial charge in [-0.2, -0.15) is 0 Å². The number of unbranched alkanes of at least 4 members (excludes halogenated alkanes) is 13. The summed E-state index contributed by atoms with van der Waals surface area (Å²) in [6.45, 7) is 4.22. The minimum atomic E-state index is -0.134. The molecule has 0 saturated carbocycles. The van der Waals surface area contributed by atoms with Crippen molar-refractivity contribution in [2.24, 2.45) is 0 Å². The lowest BCUT2D eigenvalue weighted by atomic mass is 10.0. The Morgan fingerprint density at radius 2 is 1.48 bits per heavy atom. The van der Waals surface area contributed by atoms with E-state index in [9.17, 15) is 4.79 Å². The van der Waals surface area contributed by atoms with Gasteiger partial charge in [0.1, 0.15) is 0 Å². The van der Waals surface area contributed by atoms with Gasteiger partial charge in [-0.1, -0.05) is 109 Å². The Bertz CT molecular complexity index is 613. The number of amides is 1. The summed E-state index contributed by atoms with van der Waals surface area (Å²) in [5.41, 5.74) is 1.66. The van der Waals surface area contributed by atoms with E-state index in [0.717, 1.165) is 50.0 Å². The summed E-state index contributed by atoms with van der Waals surface area (Å²) in [6, 6.07) is 7.75. The molecule has 1 aliphatic rings. The van der Waals surface area contributed by atoms with Crippen molar-refractivity contribution in [2.45, 2.75) is 129 Å². The second-order valence-corrected chi connectivity index (χ2v) is 9.62. The summed E-state index contributed by atoms with van der Waals surface area (Å²) in [5.74, 6) is 0.00783. The first kappa shape index (κ1) is 27.9. The van der Waals surface area contributed by atoms with E-state index in [0.29, 0.717) is 6.61 Å². The second-order valence-electron chi connectivity index (χ2n) is 9.62. The molecule has 1 fully saturated rings. The number of carbonyl (C=O) groups excluding carboxylic acids is 1. The average Bonchev–Trinajstić information content (AvgIpc) is 2.86. The summed E-state index contributed by atoms with van der Waals surface area (Å²) < 4.78 is 11.5. The molecule has 1 aromatic rings. The van der Waals surface area contributed by atoms with Crippen LogP contribution in [0, 0.1) is 0 Å². The lowest BCUT2D eigenvalue weighted by Crippen LogP contribution is -2.26. The lowest BCUT2D eigenvalue weighted by molar-refractivity contribution is -0.169. The minimum Gasteiger partial charge on any atom is -0.353 e. The zero-order chi connectivity index (χ0) is 23.4. The van der Waals surface area contributed by atoms with Crippen LogP contribution in [0.15, 0.2) is 24.3 Å². The zero-order valence-electron chi connectivity index (χ0n) is 21.3. The number of hydrogen-bond acceptors (Lipinski definition) is 3. The molecule has 1 atom stereocenters. The average molecular weight is 460 g/mol.